The molecule has 1 aromatic heterocycles. The number of hydrogen-bond acceptors (Lipinski definition) is 3. The number of hydrogen-bond donors (Lipinski definition) is 2. The van der Waals surface area contributed by atoms with Gasteiger partial charge in [0.1, 0.15) is 0 Å². The van der Waals surface area contributed by atoms with Crippen LogP contribution in [0.2, 0.25) is 0 Å². The van der Waals surface area contributed by atoms with Crippen LogP contribution in [0.15, 0.2) is 47.1 Å². The maximum Gasteiger partial charge on any atom is 0.499 e. The van der Waals surface area contributed by atoms with E-state index in [2.05, 4.69) is 20.9 Å². The minimum atomic E-state index is -6.13. The van der Waals surface area contributed by atoms with E-state index < -0.39 is 37.3 Å². The Kier molecular flexibility index (Phi) is 4.33. The monoisotopic (exact) mass is 411 g/mol. The van der Waals surface area contributed by atoms with Crippen LogP contribution in [0.4, 0.5) is 13.2 Å². The molecule has 0 radical (unpaired) electrons. The van der Waals surface area contributed by atoms with E-state index in [1.54, 1.807) is 0 Å². The molecule has 0 saturated heterocycles. The first-order valence-electron chi connectivity index (χ1n) is 5.99. The molecule has 23 heavy (non-hydrogen) atoms. The van der Waals surface area contributed by atoms with Gasteiger partial charge in [0.25, 0.3) is 9.84 Å². The Bertz CT molecular complexity index is 816. The highest BCUT2D eigenvalue weighted by atomic mass is 79.9. The van der Waals surface area contributed by atoms with Crippen molar-refractivity contribution in [2.75, 3.05) is 0 Å². The Labute approximate surface area is 137 Å². The molecule has 10 heteroatoms. The van der Waals surface area contributed by atoms with Crippen molar-refractivity contribution < 1.29 is 31.5 Å². The molecule has 0 aliphatic carbocycles. The summed E-state index contributed by atoms with van der Waals surface area (Å²) in [7, 11) is -6.13. The summed E-state index contributed by atoms with van der Waals surface area (Å²) in [5.41, 5.74) is -6.90. The lowest BCUT2D eigenvalue weighted by molar-refractivity contribution is -0.140. The largest absolute Gasteiger partial charge is 0.499 e. The molecule has 1 atom stereocenters. The summed E-state index contributed by atoms with van der Waals surface area (Å²) in [6, 6.07) is 6.77. The van der Waals surface area contributed by atoms with Crippen LogP contribution in [0.1, 0.15) is 11.3 Å². The molecule has 0 saturated carbocycles. The van der Waals surface area contributed by atoms with Gasteiger partial charge in [-0.15, -0.1) is 0 Å². The van der Waals surface area contributed by atoms with Gasteiger partial charge in [-0.2, -0.15) is 13.2 Å². The molecule has 0 bridgehead atoms. The highest BCUT2D eigenvalue weighted by molar-refractivity contribution is 9.10. The van der Waals surface area contributed by atoms with Crippen LogP contribution < -0.4 is 0 Å². The van der Waals surface area contributed by atoms with Gasteiger partial charge in [0.15, 0.2) is 0 Å². The number of rotatable bonds is 4. The first-order chi connectivity index (χ1) is 10.5. The Morgan fingerprint density at radius 1 is 1.13 bits per heavy atom. The topological polar surface area (TPSA) is 87.2 Å². The van der Waals surface area contributed by atoms with E-state index in [9.17, 15) is 31.5 Å². The fraction of sp³-hybridized carbons (Fsp3) is 0.154. The van der Waals surface area contributed by atoms with Crippen LogP contribution in [0.25, 0.3) is 0 Å². The Morgan fingerprint density at radius 3 is 2.09 bits per heavy atom. The number of benzene rings is 1. The van der Waals surface area contributed by atoms with Crippen LogP contribution in [0.5, 0.6) is 0 Å². The molecule has 2 N–H and O–H groups in total. The number of aromatic amines is 1. The summed E-state index contributed by atoms with van der Waals surface area (Å²) >= 11 is 3.06. The summed E-state index contributed by atoms with van der Waals surface area (Å²) in [4.78, 5) is 14.1. The van der Waals surface area contributed by atoms with Gasteiger partial charge in [-0.05, 0) is 29.8 Å². The number of carboxylic acid groups (broad SMARTS) is 1. The molecular formula is C13H9BrF3NO4S. The number of H-pyrrole nitrogens is 1. The first-order valence-corrected chi connectivity index (χ1v) is 8.27. The summed E-state index contributed by atoms with van der Waals surface area (Å²) in [5, 5.41) is 9.51. The Balaban J connectivity index is 2.95. The van der Waals surface area contributed by atoms with Crippen LogP contribution >= 0.6 is 15.9 Å². The van der Waals surface area contributed by atoms with Crippen molar-refractivity contribution >= 4 is 31.7 Å². The molecule has 0 fully saturated rings. The summed E-state index contributed by atoms with van der Waals surface area (Å²) < 4.78 is 61.0. The quantitative estimate of drug-likeness (QED) is 0.809. The molecular weight excluding hydrogens is 403 g/mol. The van der Waals surface area contributed by atoms with Crippen LogP contribution in [-0.4, -0.2) is 30.0 Å². The molecule has 0 aliphatic rings. The average molecular weight is 412 g/mol. The first kappa shape index (κ1) is 17.5. The van der Waals surface area contributed by atoms with Crippen molar-refractivity contribution in [3.8, 4) is 0 Å². The van der Waals surface area contributed by atoms with E-state index in [0.29, 0.717) is 4.47 Å². The number of alkyl halides is 3. The second kappa shape index (κ2) is 5.68. The second-order valence-corrected chi connectivity index (χ2v) is 7.52. The van der Waals surface area contributed by atoms with Crippen LogP contribution in [0, 0.1) is 0 Å². The summed E-state index contributed by atoms with van der Waals surface area (Å²) in [5.74, 6) is -2.15. The van der Waals surface area contributed by atoms with E-state index >= 15 is 0 Å². The highest BCUT2D eigenvalue weighted by Gasteiger charge is 2.66. The normalized spacial score (nSPS) is 15.1. The van der Waals surface area contributed by atoms with Crippen molar-refractivity contribution in [3.63, 3.8) is 0 Å². The van der Waals surface area contributed by atoms with Crippen molar-refractivity contribution in [2.24, 2.45) is 0 Å². The minimum absolute atomic E-state index is 0.455. The summed E-state index contributed by atoms with van der Waals surface area (Å²) in [6.45, 7) is 0. The smallest absolute Gasteiger partial charge is 0.480 e. The fourth-order valence-electron chi connectivity index (χ4n) is 2.22. The molecule has 0 spiro atoms. The Hall–Kier alpha value is -1.81. The molecule has 0 amide bonds. The van der Waals surface area contributed by atoms with Crippen molar-refractivity contribution in [1.29, 1.82) is 0 Å². The van der Waals surface area contributed by atoms with E-state index in [0.717, 1.165) is 24.4 Å². The van der Waals surface area contributed by atoms with Crippen molar-refractivity contribution in [1.82, 2.24) is 4.98 Å². The van der Waals surface area contributed by atoms with Gasteiger partial charge in [-0.1, -0.05) is 28.1 Å². The number of aromatic nitrogens is 1. The third-order valence-electron chi connectivity index (χ3n) is 3.24. The van der Waals surface area contributed by atoms with Gasteiger partial charge < -0.3 is 10.1 Å². The van der Waals surface area contributed by atoms with Gasteiger partial charge in [0, 0.05) is 10.7 Å². The summed E-state index contributed by atoms with van der Waals surface area (Å²) in [6.07, 6.45) is 1.15. The number of carboxylic acids is 1. The van der Waals surface area contributed by atoms with E-state index in [4.69, 9.17) is 0 Å². The van der Waals surface area contributed by atoms with Crippen LogP contribution in [0.3, 0.4) is 0 Å². The average Bonchev–Trinajstić information content (AvgIpc) is 2.94. The number of nitrogens with one attached hydrogen (secondary N) is 1. The molecule has 1 aromatic carbocycles. The van der Waals surface area contributed by atoms with E-state index in [1.165, 1.54) is 18.2 Å². The predicted molar refractivity (Wildman–Crippen MR) is 78.3 cm³/mol. The molecule has 2 rings (SSSR count). The number of aliphatic carboxylic acids is 1. The standard InChI is InChI=1S/C13H9BrF3NO4S/c14-9-5-3-8(4-6-9)12(11(19)20,10-2-1-7-18-10)23(21,22)13(15,16)17/h1-7,18H,(H,19,20). The number of halogens is 4. The Morgan fingerprint density at radius 2 is 1.70 bits per heavy atom. The van der Waals surface area contributed by atoms with Gasteiger partial charge >= 0.3 is 11.5 Å². The van der Waals surface area contributed by atoms with Gasteiger partial charge in [0.05, 0.1) is 5.69 Å². The zero-order valence-corrected chi connectivity index (χ0v) is 13.5. The molecule has 2 aromatic rings. The minimum Gasteiger partial charge on any atom is -0.480 e. The van der Waals surface area contributed by atoms with Crippen molar-refractivity contribution in [3.05, 3.63) is 58.3 Å². The lowest BCUT2D eigenvalue weighted by Crippen LogP contribution is -2.50. The van der Waals surface area contributed by atoms with Gasteiger partial charge in [-0.3, -0.25) is 0 Å². The molecule has 1 heterocycles. The van der Waals surface area contributed by atoms with E-state index in [-0.39, 0.29) is 0 Å². The maximum absolute atomic E-state index is 13.2. The maximum atomic E-state index is 13.2. The number of sulfone groups is 1. The van der Waals surface area contributed by atoms with Crippen molar-refractivity contribution in [2.45, 2.75) is 10.3 Å². The molecule has 5 nitrogen and oxygen atoms in total. The third kappa shape index (κ3) is 2.55. The predicted octanol–water partition coefficient (Wildman–Crippen LogP) is 3.04. The lowest BCUT2D eigenvalue weighted by Gasteiger charge is -2.29. The zero-order valence-electron chi connectivity index (χ0n) is 11.1. The zero-order chi connectivity index (χ0) is 17.5. The van der Waals surface area contributed by atoms with Crippen LogP contribution in [-0.2, 0) is 19.4 Å². The second-order valence-electron chi connectivity index (χ2n) is 4.53. The van der Waals surface area contributed by atoms with E-state index in [1.807, 2.05) is 0 Å². The molecule has 124 valence electrons. The highest BCUT2D eigenvalue weighted by Crippen LogP contribution is 2.45. The SMILES string of the molecule is O=C(O)C(c1ccc(Br)cc1)(c1ccc[nH]1)S(=O)(=O)C(F)(F)F. The lowest BCUT2D eigenvalue weighted by atomic mass is 9.95. The molecule has 1 unspecified atom stereocenters. The fourth-order valence-corrected chi connectivity index (χ4v) is 3.92. The third-order valence-corrected chi connectivity index (χ3v) is 5.81. The molecule has 0 aliphatic heterocycles. The van der Waals surface area contributed by atoms with Gasteiger partial charge in [-0.25, -0.2) is 13.2 Å². The number of carbonyl (C=O) groups is 1. The van der Waals surface area contributed by atoms with Gasteiger partial charge in [0.2, 0.25) is 4.75 Å².